The van der Waals surface area contributed by atoms with Crippen molar-refractivity contribution in [3.63, 3.8) is 0 Å². The molecule has 0 radical (unpaired) electrons. The Morgan fingerprint density at radius 2 is 2.38 bits per heavy atom. The molecule has 0 unspecified atom stereocenters. The number of nitrogens with two attached hydrogens (primary N) is 1. The lowest BCUT2D eigenvalue weighted by Gasteiger charge is -2.05. The summed E-state index contributed by atoms with van der Waals surface area (Å²) in [5.41, 5.74) is 7.41. The van der Waals surface area contributed by atoms with E-state index in [1.54, 1.807) is 6.07 Å². The predicted molar refractivity (Wildman–Crippen MR) is 49.8 cm³/mol. The lowest BCUT2D eigenvalue weighted by atomic mass is 10.0. The molecule has 2 N–H and O–H groups in total. The summed E-state index contributed by atoms with van der Waals surface area (Å²) in [5.74, 6) is 0.618. The van der Waals surface area contributed by atoms with Crippen LogP contribution in [0.25, 0.3) is 0 Å². The van der Waals surface area contributed by atoms with E-state index in [4.69, 9.17) is 27.3 Å². The molecule has 0 saturated heterocycles. The summed E-state index contributed by atoms with van der Waals surface area (Å²) in [4.78, 5) is 0. The highest BCUT2D eigenvalue weighted by molar-refractivity contribution is 6.32. The number of ether oxygens (including phenoxy) is 1. The van der Waals surface area contributed by atoms with Gasteiger partial charge in [0.15, 0.2) is 0 Å². The number of benzene rings is 1. The Balaban J connectivity index is 2.74. The number of hydrogen-bond acceptors (Lipinski definition) is 3. The quantitative estimate of drug-likeness (QED) is 0.640. The molecule has 4 heteroatoms. The molecule has 1 heterocycles. The third-order valence-corrected chi connectivity index (χ3v) is 2.35. The fourth-order valence-electron chi connectivity index (χ4n) is 1.49. The van der Waals surface area contributed by atoms with E-state index in [0.717, 1.165) is 5.56 Å². The van der Waals surface area contributed by atoms with E-state index in [0.29, 0.717) is 35.1 Å². The highest BCUT2D eigenvalue weighted by Gasteiger charge is 2.21. The number of fused-ring (bicyclic) bond motifs is 1. The second kappa shape index (κ2) is 2.82. The Hall–Kier alpha value is -1.40. The Bertz CT molecular complexity index is 409. The summed E-state index contributed by atoms with van der Waals surface area (Å²) in [5, 5.41) is 9.33. The minimum atomic E-state index is 0.428. The van der Waals surface area contributed by atoms with Crippen LogP contribution in [0.15, 0.2) is 6.07 Å². The summed E-state index contributed by atoms with van der Waals surface area (Å²) < 4.78 is 5.29. The van der Waals surface area contributed by atoms with Gasteiger partial charge in [0.1, 0.15) is 11.8 Å². The predicted octanol–water partition coefficient (Wildman–Crippen LogP) is 1.73. The zero-order chi connectivity index (χ0) is 9.42. The van der Waals surface area contributed by atoms with Crippen LogP contribution in [0.4, 0.5) is 5.69 Å². The molecule has 66 valence electrons. The van der Waals surface area contributed by atoms with Crippen molar-refractivity contribution < 1.29 is 4.74 Å². The van der Waals surface area contributed by atoms with E-state index in [1.807, 2.05) is 0 Å². The first-order valence-corrected chi connectivity index (χ1v) is 4.25. The fraction of sp³-hybridized carbons (Fsp3) is 0.222. The molecule has 1 aliphatic heterocycles. The molecule has 0 aliphatic carbocycles. The molecule has 0 saturated carbocycles. The Labute approximate surface area is 80.7 Å². The van der Waals surface area contributed by atoms with Crippen molar-refractivity contribution in [3.8, 4) is 11.8 Å². The van der Waals surface area contributed by atoms with Crippen LogP contribution in [0, 0.1) is 11.3 Å². The molecule has 1 aromatic rings. The Morgan fingerprint density at radius 3 is 3.08 bits per heavy atom. The van der Waals surface area contributed by atoms with Gasteiger partial charge in [-0.3, -0.25) is 0 Å². The third kappa shape index (κ3) is 1.11. The smallest absolute Gasteiger partial charge is 0.142 e. The summed E-state index contributed by atoms with van der Waals surface area (Å²) >= 11 is 5.89. The van der Waals surface area contributed by atoms with E-state index in [-0.39, 0.29) is 0 Å². The van der Waals surface area contributed by atoms with Crippen LogP contribution in [0.2, 0.25) is 5.02 Å². The van der Waals surface area contributed by atoms with Gasteiger partial charge in [0, 0.05) is 12.0 Å². The number of nitrogens with zero attached hydrogens (tertiary/aromatic N) is 1. The molecule has 0 aromatic heterocycles. The van der Waals surface area contributed by atoms with Gasteiger partial charge in [-0.15, -0.1) is 0 Å². The van der Waals surface area contributed by atoms with Gasteiger partial charge in [0.2, 0.25) is 0 Å². The first-order chi connectivity index (χ1) is 6.24. The van der Waals surface area contributed by atoms with E-state index in [1.165, 1.54) is 0 Å². The summed E-state index contributed by atoms with van der Waals surface area (Å²) in [6.45, 7) is 0.577. The Morgan fingerprint density at radius 1 is 1.62 bits per heavy atom. The maximum atomic E-state index is 8.84. The standard InChI is InChI=1S/C9H7ClN2O/c10-7-3-8(12)6(4-11)5-1-2-13-9(5)7/h3H,1-2,12H2. The van der Waals surface area contributed by atoms with E-state index < -0.39 is 0 Å². The van der Waals surface area contributed by atoms with E-state index in [9.17, 15) is 0 Å². The molecular weight excluding hydrogens is 188 g/mol. The number of hydrogen-bond donors (Lipinski definition) is 1. The zero-order valence-corrected chi connectivity index (χ0v) is 7.56. The van der Waals surface area contributed by atoms with Crippen molar-refractivity contribution in [1.29, 1.82) is 5.26 Å². The fourth-order valence-corrected chi connectivity index (χ4v) is 1.77. The van der Waals surface area contributed by atoms with Gasteiger partial charge in [0.25, 0.3) is 0 Å². The molecule has 0 bridgehead atoms. The van der Waals surface area contributed by atoms with Gasteiger partial charge in [0.05, 0.1) is 22.9 Å². The summed E-state index contributed by atoms with van der Waals surface area (Å²) in [6, 6.07) is 3.62. The molecule has 0 fully saturated rings. The monoisotopic (exact) mass is 194 g/mol. The van der Waals surface area contributed by atoms with E-state index in [2.05, 4.69) is 6.07 Å². The number of nitrogen functional groups attached to an aromatic ring is 1. The van der Waals surface area contributed by atoms with Gasteiger partial charge in [-0.2, -0.15) is 5.26 Å². The first-order valence-electron chi connectivity index (χ1n) is 3.87. The highest BCUT2D eigenvalue weighted by atomic mass is 35.5. The molecular formula is C9H7ClN2O. The van der Waals surface area contributed by atoms with Gasteiger partial charge in [-0.25, -0.2) is 0 Å². The minimum absolute atomic E-state index is 0.428. The van der Waals surface area contributed by atoms with Crippen molar-refractivity contribution in [2.24, 2.45) is 0 Å². The lowest BCUT2D eigenvalue weighted by Crippen LogP contribution is -1.94. The largest absolute Gasteiger partial charge is 0.491 e. The van der Waals surface area contributed by atoms with Crippen LogP contribution in [-0.2, 0) is 6.42 Å². The maximum absolute atomic E-state index is 8.84. The number of rotatable bonds is 0. The zero-order valence-electron chi connectivity index (χ0n) is 6.80. The number of anilines is 1. The van der Waals surface area contributed by atoms with Crippen molar-refractivity contribution in [1.82, 2.24) is 0 Å². The molecule has 0 amide bonds. The molecule has 13 heavy (non-hydrogen) atoms. The van der Waals surface area contributed by atoms with Crippen molar-refractivity contribution in [3.05, 3.63) is 22.2 Å². The van der Waals surface area contributed by atoms with Gasteiger partial charge in [-0.05, 0) is 6.07 Å². The minimum Gasteiger partial charge on any atom is -0.491 e. The van der Waals surface area contributed by atoms with Crippen LogP contribution in [0.3, 0.4) is 0 Å². The molecule has 0 atom stereocenters. The third-order valence-electron chi connectivity index (χ3n) is 2.07. The number of nitriles is 1. The van der Waals surface area contributed by atoms with Crippen LogP contribution in [0.5, 0.6) is 5.75 Å². The molecule has 3 nitrogen and oxygen atoms in total. The maximum Gasteiger partial charge on any atom is 0.142 e. The molecule has 1 aliphatic rings. The van der Waals surface area contributed by atoms with E-state index >= 15 is 0 Å². The van der Waals surface area contributed by atoms with Crippen molar-refractivity contribution in [2.45, 2.75) is 6.42 Å². The summed E-state index contributed by atoms with van der Waals surface area (Å²) in [7, 11) is 0. The highest BCUT2D eigenvalue weighted by Crippen LogP contribution is 2.38. The van der Waals surface area contributed by atoms with Gasteiger partial charge < -0.3 is 10.5 Å². The van der Waals surface area contributed by atoms with Crippen LogP contribution in [-0.4, -0.2) is 6.61 Å². The van der Waals surface area contributed by atoms with Crippen molar-refractivity contribution in [2.75, 3.05) is 12.3 Å². The normalized spacial score (nSPS) is 13.2. The van der Waals surface area contributed by atoms with Crippen LogP contribution < -0.4 is 10.5 Å². The molecule has 0 spiro atoms. The van der Waals surface area contributed by atoms with Crippen LogP contribution in [0.1, 0.15) is 11.1 Å². The topological polar surface area (TPSA) is 59.0 Å². The molecule has 1 aromatic carbocycles. The second-order valence-electron chi connectivity index (χ2n) is 2.84. The molecule has 2 rings (SSSR count). The Kier molecular flexibility index (Phi) is 1.78. The van der Waals surface area contributed by atoms with Crippen LogP contribution >= 0.6 is 11.6 Å². The van der Waals surface area contributed by atoms with Gasteiger partial charge in [-0.1, -0.05) is 11.6 Å². The number of halogens is 1. The average Bonchev–Trinajstić information content (AvgIpc) is 2.53. The average molecular weight is 195 g/mol. The SMILES string of the molecule is N#Cc1c(N)cc(Cl)c2c1CCO2. The van der Waals surface area contributed by atoms with Crippen molar-refractivity contribution >= 4 is 17.3 Å². The lowest BCUT2D eigenvalue weighted by molar-refractivity contribution is 0.357. The second-order valence-corrected chi connectivity index (χ2v) is 3.25. The van der Waals surface area contributed by atoms with Gasteiger partial charge >= 0.3 is 0 Å². The first kappa shape index (κ1) is 8.21. The summed E-state index contributed by atoms with van der Waals surface area (Å²) in [6.07, 6.45) is 0.711.